The van der Waals surface area contributed by atoms with Gasteiger partial charge in [0.15, 0.2) is 0 Å². The first-order chi connectivity index (χ1) is 9.77. The second-order valence-electron chi connectivity index (χ2n) is 6.75. The minimum Gasteiger partial charge on any atom is -0.114 e. The molecule has 0 heterocycles. The molecule has 0 aliphatic carbocycles. The first-order valence-electron chi connectivity index (χ1n) is 9.42. The van der Waals surface area contributed by atoms with Crippen LogP contribution in [0.25, 0.3) is 0 Å². The van der Waals surface area contributed by atoms with Gasteiger partial charge in [0, 0.05) is 0 Å². The molecule has 0 radical (unpaired) electrons. The molecule has 0 aromatic rings. The first-order valence-corrected chi connectivity index (χ1v) is 11.8. The lowest BCUT2D eigenvalue weighted by molar-refractivity contribution is 0.535. The van der Waals surface area contributed by atoms with Crippen LogP contribution in [0.15, 0.2) is 0 Å². The summed E-state index contributed by atoms with van der Waals surface area (Å²) in [5.41, 5.74) is 0. The predicted octanol–water partition coefficient (Wildman–Crippen LogP) is 8.18. The van der Waals surface area contributed by atoms with Gasteiger partial charge in [-0.3, -0.25) is 0 Å². The lowest BCUT2D eigenvalue weighted by Crippen LogP contribution is -1.85. The molecule has 0 saturated heterocycles. The van der Waals surface area contributed by atoms with Gasteiger partial charge in [0.2, 0.25) is 0 Å². The molecule has 0 N–H and O–H groups in total. The van der Waals surface area contributed by atoms with Crippen molar-refractivity contribution in [3.8, 4) is 0 Å². The molecule has 0 aliphatic heterocycles. The molecule has 0 fully saturated rings. The van der Waals surface area contributed by atoms with Crippen molar-refractivity contribution >= 4 is 24.9 Å². The van der Waals surface area contributed by atoms with Gasteiger partial charge in [0.05, 0.1) is 0 Å². The van der Waals surface area contributed by atoms with E-state index in [1.54, 1.807) is 0 Å². The first kappa shape index (κ1) is 24.2. The smallest absolute Gasteiger partial charge is 0.0331 e. The molecular formula is C19H42BrP. The van der Waals surface area contributed by atoms with Gasteiger partial charge in [-0.25, -0.2) is 0 Å². The minimum absolute atomic E-state index is 0. The Hall–Kier alpha value is 0.910. The monoisotopic (exact) mass is 380 g/mol. The fourth-order valence-corrected chi connectivity index (χ4v) is 3.66. The van der Waals surface area contributed by atoms with Crippen LogP contribution < -0.4 is 0 Å². The van der Waals surface area contributed by atoms with Crippen LogP contribution in [-0.2, 0) is 0 Å². The summed E-state index contributed by atoms with van der Waals surface area (Å²) in [4.78, 5) is 0. The van der Waals surface area contributed by atoms with Gasteiger partial charge in [-0.15, -0.1) is 24.9 Å². The summed E-state index contributed by atoms with van der Waals surface area (Å²) in [6.45, 7) is 7.10. The summed E-state index contributed by atoms with van der Waals surface area (Å²) < 4.78 is 0. The molecule has 0 atom stereocenters. The van der Waals surface area contributed by atoms with E-state index in [-0.39, 0.29) is 17.0 Å². The third-order valence-corrected chi connectivity index (χ3v) is 5.42. The van der Waals surface area contributed by atoms with Crippen LogP contribution in [0, 0.1) is 0 Å². The number of unbranched alkanes of at least 4 members (excludes halogenated alkanes) is 14. The Morgan fingerprint density at radius 3 is 1.05 bits per heavy atom. The molecule has 0 rings (SSSR count). The highest BCUT2D eigenvalue weighted by atomic mass is 79.9. The van der Waals surface area contributed by atoms with E-state index in [1.807, 2.05) is 0 Å². The Bertz CT molecular complexity index is 171. The topological polar surface area (TPSA) is 0 Å². The summed E-state index contributed by atoms with van der Waals surface area (Å²) >= 11 is 0. The molecule has 0 amide bonds. The van der Waals surface area contributed by atoms with E-state index in [9.17, 15) is 0 Å². The molecule has 0 saturated carbocycles. The van der Waals surface area contributed by atoms with Crippen molar-refractivity contribution in [1.82, 2.24) is 0 Å². The molecular weight excluding hydrogens is 339 g/mol. The Kier molecular flexibility index (Phi) is 24.1. The van der Waals surface area contributed by atoms with E-state index in [0.717, 1.165) is 0 Å². The van der Waals surface area contributed by atoms with Gasteiger partial charge in [-0.1, -0.05) is 96.8 Å². The normalized spacial score (nSPS) is 10.9. The molecule has 21 heavy (non-hydrogen) atoms. The van der Waals surface area contributed by atoms with Crippen LogP contribution in [0.4, 0.5) is 0 Å². The minimum atomic E-state index is 0. The van der Waals surface area contributed by atoms with Crippen molar-refractivity contribution in [3.05, 3.63) is 0 Å². The van der Waals surface area contributed by atoms with Gasteiger partial charge < -0.3 is 0 Å². The zero-order valence-electron chi connectivity index (χ0n) is 15.2. The maximum Gasteiger partial charge on any atom is -0.0331 e. The predicted molar refractivity (Wildman–Crippen MR) is 109 cm³/mol. The van der Waals surface area contributed by atoms with Crippen LogP contribution in [0.3, 0.4) is 0 Å². The van der Waals surface area contributed by atoms with E-state index >= 15 is 0 Å². The van der Waals surface area contributed by atoms with Crippen molar-refractivity contribution in [2.75, 3.05) is 19.5 Å². The standard InChI is InChI=1S/C19H41P.BrH/c1-4-5-6-7-8-9-10-11-12-13-14-15-16-17-18-19-20(2)3;/h4-19H2,1-3H3;1H. The average molecular weight is 381 g/mol. The molecule has 0 unspecified atom stereocenters. The number of rotatable bonds is 16. The number of hydrogen-bond acceptors (Lipinski definition) is 0. The molecule has 0 spiro atoms. The lowest BCUT2D eigenvalue weighted by Gasteiger charge is -2.05. The maximum atomic E-state index is 2.40. The van der Waals surface area contributed by atoms with Gasteiger partial charge in [-0.2, -0.15) is 0 Å². The van der Waals surface area contributed by atoms with Crippen molar-refractivity contribution < 1.29 is 0 Å². The summed E-state index contributed by atoms with van der Waals surface area (Å²) in [5.74, 6) is 0. The third kappa shape index (κ3) is 23.3. The summed E-state index contributed by atoms with van der Waals surface area (Å²) in [6, 6.07) is 0. The van der Waals surface area contributed by atoms with Crippen molar-refractivity contribution in [1.29, 1.82) is 0 Å². The zero-order valence-corrected chi connectivity index (χ0v) is 17.8. The highest BCUT2D eigenvalue weighted by Crippen LogP contribution is 2.26. The third-order valence-electron chi connectivity index (χ3n) is 4.21. The Labute approximate surface area is 147 Å². The van der Waals surface area contributed by atoms with Gasteiger partial charge >= 0.3 is 0 Å². The van der Waals surface area contributed by atoms with E-state index in [1.165, 1.54) is 102 Å². The fraction of sp³-hybridized carbons (Fsp3) is 1.00. The molecule has 0 aromatic heterocycles. The zero-order chi connectivity index (χ0) is 14.9. The maximum absolute atomic E-state index is 2.40. The van der Waals surface area contributed by atoms with Gasteiger partial charge in [-0.05, 0) is 25.9 Å². The fourth-order valence-electron chi connectivity index (χ4n) is 2.80. The van der Waals surface area contributed by atoms with Crippen molar-refractivity contribution in [2.45, 2.75) is 103 Å². The Morgan fingerprint density at radius 1 is 0.476 bits per heavy atom. The Morgan fingerprint density at radius 2 is 0.762 bits per heavy atom. The second kappa shape index (κ2) is 20.9. The molecule has 0 nitrogen and oxygen atoms in total. The van der Waals surface area contributed by atoms with E-state index in [4.69, 9.17) is 0 Å². The van der Waals surface area contributed by atoms with Crippen LogP contribution >= 0.6 is 24.9 Å². The quantitative estimate of drug-likeness (QED) is 0.187. The summed E-state index contributed by atoms with van der Waals surface area (Å²) in [5, 5.41) is 0. The van der Waals surface area contributed by atoms with Crippen LogP contribution in [-0.4, -0.2) is 19.5 Å². The van der Waals surface area contributed by atoms with Crippen molar-refractivity contribution in [2.24, 2.45) is 0 Å². The largest absolute Gasteiger partial charge is 0.114 e. The van der Waals surface area contributed by atoms with E-state index < -0.39 is 0 Å². The molecule has 130 valence electrons. The number of hydrogen-bond donors (Lipinski definition) is 0. The molecule has 0 bridgehead atoms. The highest BCUT2D eigenvalue weighted by Gasteiger charge is 1.95. The second-order valence-corrected chi connectivity index (χ2v) is 9.36. The molecule has 0 aromatic carbocycles. The van der Waals surface area contributed by atoms with Gasteiger partial charge in [0.25, 0.3) is 0 Å². The average Bonchev–Trinajstić information content (AvgIpc) is 2.43. The molecule has 2 heteroatoms. The van der Waals surface area contributed by atoms with Crippen LogP contribution in [0.2, 0.25) is 0 Å². The summed E-state index contributed by atoms with van der Waals surface area (Å²) in [7, 11) is 0.358. The van der Waals surface area contributed by atoms with Crippen molar-refractivity contribution in [3.63, 3.8) is 0 Å². The van der Waals surface area contributed by atoms with E-state index in [0.29, 0.717) is 7.92 Å². The lowest BCUT2D eigenvalue weighted by atomic mass is 10.0. The van der Waals surface area contributed by atoms with E-state index in [2.05, 4.69) is 20.3 Å². The highest BCUT2D eigenvalue weighted by molar-refractivity contribution is 8.93. The summed E-state index contributed by atoms with van der Waals surface area (Å²) in [6.07, 6.45) is 23.6. The SMILES string of the molecule is Br.CCCCCCCCCCCCCCCCCP(C)C. The molecule has 0 aliphatic rings. The van der Waals surface area contributed by atoms with Crippen LogP contribution in [0.5, 0.6) is 0 Å². The van der Waals surface area contributed by atoms with Crippen LogP contribution in [0.1, 0.15) is 103 Å². The Balaban J connectivity index is 0. The number of halogens is 1. The van der Waals surface area contributed by atoms with Gasteiger partial charge in [0.1, 0.15) is 0 Å².